The Balaban J connectivity index is 2.59. The summed E-state index contributed by atoms with van der Waals surface area (Å²) < 4.78 is 35.6. The quantitative estimate of drug-likeness (QED) is 0.785. The van der Waals surface area contributed by atoms with Gasteiger partial charge in [-0.1, -0.05) is 6.07 Å². The Kier molecular flexibility index (Phi) is 3.69. The molecule has 1 aromatic carbocycles. The second-order valence-electron chi connectivity index (χ2n) is 2.70. The summed E-state index contributed by atoms with van der Waals surface area (Å²) >= 11 is 1.50. The van der Waals surface area contributed by atoms with E-state index in [0.717, 1.165) is 4.90 Å². The van der Waals surface area contributed by atoms with Crippen molar-refractivity contribution in [2.45, 2.75) is 11.1 Å². The van der Waals surface area contributed by atoms with Crippen molar-refractivity contribution in [3.63, 3.8) is 0 Å². The Bertz CT molecular complexity index is 298. The molecule has 0 amide bonds. The van der Waals surface area contributed by atoms with Crippen LogP contribution in [0, 0.1) is 0 Å². The molecule has 0 spiro atoms. The van der Waals surface area contributed by atoms with Gasteiger partial charge in [0.25, 0.3) is 0 Å². The van der Waals surface area contributed by atoms with E-state index in [2.05, 4.69) is 5.32 Å². The zero-order valence-corrected chi connectivity index (χ0v) is 8.38. The smallest absolute Gasteiger partial charge is 0.376 e. The Labute approximate surface area is 84.7 Å². The Hall–Kier alpha value is -0.840. The lowest BCUT2D eigenvalue weighted by Gasteiger charge is -2.09. The topological polar surface area (TPSA) is 12.0 Å². The third-order valence-electron chi connectivity index (χ3n) is 1.56. The van der Waals surface area contributed by atoms with E-state index in [9.17, 15) is 13.2 Å². The molecule has 0 aromatic heterocycles. The van der Waals surface area contributed by atoms with Gasteiger partial charge in [-0.2, -0.15) is 13.2 Å². The number of benzene rings is 1. The van der Waals surface area contributed by atoms with Crippen LogP contribution in [0.25, 0.3) is 0 Å². The predicted molar refractivity (Wildman–Crippen MR) is 52.8 cm³/mol. The molecule has 0 aliphatic heterocycles. The minimum absolute atomic E-state index is 0.495. The van der Waals surface area contributed by atoms with E-state index in [1.807, 2.05) is 12.3 Å². The molecule has 0 saturated heterocycles. The van der Waals surface area contributed by atoms with E-state index in [-0.39, 0.29) is 0 Å². The number of alkyl halides is 3. The predicted octanol–water partition coefficient (Wildman–Crippen LogP) is 3.38. The van der Waals surface area contributed by atoms with E-state index in [4.69, 9.17) is 0 Å². The molecule has 1 nitrogen and oxygen atoms in total. The zero-order valence-electron chi connectivity index (χ0n) is 7.56. The molecule has 0 aliphatic rings. The van der Waals surface area contributed by atoms with Gasteiger partial charge in [-0.25, -0.2) is 0 Å². The Morgan fingerprint density at radius 2 is 2.07 bits per heavy atom. The summed E-state index contributed by atoms with van der Waals surface area (Å²) in [6.07, 6.45) is -2.29. The standard InChI is InChI=1S/C9H10F3NS/c1-14-8-4-2-3-7(5-8)13-6-9(10,11)12/h2-5,13H,6H2,1H3. The van der Waals surface area contributed by atoms with Crippen LogP contribution < -0.4 is 5.32 Å². The maximum Gasteiger partial charge on any atom is 0.405 e. The molecule has 1 rings (SSSR count). The summed E-state index contributed by atoms with van der Waals surface area (Å²) in [5, 5.41) is 2.32. The molecule has 0 saturated carbocycles. The molecule has 1 N–H and O–H groups in total. The van der Waals surface area contributed by atoms with Crippen LogP contribution in [0.2, 0.25) is 0 Å². The van der Waals surface area contributed by atoms with E-state index in [1.54, 1.807) is 18.2 Å². The largest absolute Gasteiger partial charge is 0.405 e. The van der Waals surface area contributed by atoms with Gasteiger partial charge in [0.05, 0.1) is 0 Å². The summed E-state index contributed by atoms with van der Waals surface area (Å²) in [6.45, 7) is -0.995. The molecule has 1 aromatic rings. The fourth-order valence-electron chi connectivity index (χ4n) is 0.935. The van der Waals surface area contributed by atoms with Crippen LogP contribution in [-0.2, 0) is 0 Å². The van der Waals surface area contributed by atoms with Gasteiger partial charge in [0.15, 0.2) is 0 Å². The highest BCUT2D eigenvalue weighted by Crippen LogP contribution is 2.21. The van der Waals surface area contributed by atoms with Crippen LogP contribution in [0.5, 0.6) is 0 Å². The molecule has 5 heteroatoms. The van der Waals surface area contributed by atoms with Crippen molar-refractivity contribution >= 4 is 17.4 Å². The molecule has 0 aliphatic carbocycles. The fourth-order valence-corrected chi connectivity index (χ4v) is 1.39. The Morgan fingerprint density at radius 1 is 1.36 bits per heavy atom. The summed E-state index contributed by atoms with van der Waals surface area (Å²) in [4.78, 5) is 0.942. The van der Waals surface area contributed by atoms with Crippen molar-refractivity contribution in [3.8, 4) is 0 Å². The number of nitrogens with one attached hydrogen (secondary N) is 1. The maximum atomic E-state index is 11.9. The van der Waals surface area contributed by atoms with Crippen LogP contribution in [0.15, 0.2) is 29.2 Å². The highest BCUT2D eigenvalue weighted by Gasteiger charge is 2.26. The highest BCUT2D eigenvalue weighted by atomic mass is 32.2. The first-order valence-electron chi connectivity index (χ1n) is 3.96. The van der Waals surface area contributed by atoms with E-state index in [1.165, 1.54) is 11.8 Å². The lowest BCUT2D eigenvalue weighted by molar-refractivity contribution is -0.115. The molecular weight excluding hydrogens is 211 g/mol. The van der Waals surface area contributed by atoms with Gasteiger partial charge in [0, 0.05) is 10.6 Å². The molecule has 14 heavy (non-hydrogen) atoms. The van der Waals surface area contributed by atoms with Crippen LogP contribution in [0.1, 0.15) is 0 Å². The lowest BCUT2D eigenvalue weighted by Crippen LogP contribution is -2.21. The summed E-state index contributed by atoms with van der Waals surface area (Å²) in [5.74, 6) is 0. The average Bonchev–Trinajstić information content (AvgIpc) is 2.14. The third-order valence-corrected chi connectivity index (χ3v) is 2.29. The number of halogens is 3. The van der Waals surface area contributed by atoms with Crippen LogP contribution in [0.3, 0.4) is 0 Å². The third kappa shape index (κ3) is 3.91. The number of rotatable bonds is 3. The summed E-state index contributed by atoms with van der Waals surface area (Å²) in [5.41, 5.74) is 0.495. The van der Waals surface area contributed by atoms with Crippen molar-refractivity contribution in [2.24, 2.45) is 0 Å². The fraction of sp³-hybridized carbons (Fsp3) is 0.333. The summed E-state index contributed by atoms with van der Waals surface area (Å²) in [6, 6.07) is 6.88. The van der Waals surface area contributed by atoms with Gasteiger partial charge in [0.2, 0.25) is 0 Å². The first kappa shape index (κ1) is 11.2. The van der Waals surface area contributed by atoms with Gasteiger partial charge < -0.3 is 5.32 Å². The van der Waals surface area contributed by atoms with Crippen LogP contribution >= 0.6 is 11.8 Å². The van der Waals surface area contributed by atoms with Gasteiger partial charge in [-0.3, -0.25) is 0 Å². The molecule has 0 unspecified atom stereocenters. The number of hydrogen-bond acceptors (Lipinski definition) is 2. The average molecular weight is 221 g/mol. The van der Waals surface area contributed by atoms with Crippen molar-refractivity contribution in [2.75, 3.05) is 18.1 Å². The van der Waals surface area contributed by atoms with Crippen molar-refractivity contribution in [3.05, 3.63) is 24.3 Å². The molecule has 78 valence electrons. The van der Waals surface area contributed by atoms with Gasteiger partial charge in [-0.15, -0.1) is 11.8 Å². The zero-order chi connectivity index (χ0) is 10.6. The number of thioether (sulfide) groups is 1. The minimum atomic E-state index is -4.17. The first-order chi connectivity index (χ1) is 6.51. The maximum absolute atomic E-state index is 11.9. The normalized spacial score (nSPS) is 11.4. The molecular formula is C9H10F3NS. The second kappa shape index (κ2) is 4.59. The highest BCUT2D eigenvalue weighted by molar-refractivity contribution is 7.98. The minimum Gasteiger partial charge on any atom is -0.376 e. The molecule has 0 atom stereocenters. The first-order valence-corrected chi connectivity index (χ1v) is 5.18. The molecule has 0 heterocycles. The summed E-state index contributed by atoms with van der Waals surface area (Å²) in [7, 11) is 0. The van der Waals surface area contributed by atoms with Crippen LogP contribution in [-0.4, -0.2) is 19.0 Å². The van der Waals surface area contributed by atoms with E-state index < -0.39 is 12.7 Å². The van der Waals surface area contributed by atoms with E-state index >= 15 is 0 Å². The molecule has 0 radical (unpaired) electrons. The van der Waals surface area contributed by atoms with E-state index in [0.29, 0.717) is 5.69 Å². The monoisotopic (exact) mass is 221 g/mol. The number of hydrogen-bond donors (Lipinski definition) is 1. The lowest BCUT2D eigenvalue weighted by atomic mass is 10.3. The van der Waals surface area contributed by atoms with Crippen molar-refractivity contribution in [1.29, 1.82) is 0 Å². The SMILES string of the molecule is CSc1cccc(NCC(F)(F)F)c1. The molecule has 0 bridgehead atoms. The van der Waals surface area contributed by atoms with Crippen LogP contribution in [0.4, 0.5) is 18.9 Å². The number of anilines is 1. The van der Waals surface area contributed by atoms with Gasteiger partial charge in [0.1, 0.15) is 6.54 Å². The Morgan fingerprint density at radius 3 is 2.64 bits per heavy atom. The second-order valence-corrected chi connectivity index (χ2v) is 3.58. The van der Waals surface area contributed by atoms with Crippen molar-refractivity contribution in [1.82, 2.24) is 0 Å². The molecule has 0 fully saturated rings. The van der Waals surface area contributed by atoms with Crippen molar-refractivity contribution < 1.29 is 13.2 Å². The van der Waals surface area contributed by atoms with Gasteiger partial charge in [-0.05, 0) is 24.5 Å². The van der Waals surface area contributed by atoms with Gasteiger partial charge >= 0.3 is 6.18 Å².